The van der Waals surface area contributed by atoms with E-state index in [1.54, 1.807) is 20.4 Å². The maximum absolute atomic E-state index is 5.75. The number of hydrogen-bond acceptors (Lipinski definition) is 4. The lowest BCUT2D eigenvalue weighted by Crippen LogP contribution is -2.30. The number of nitrogens with zero attached hydrogens (tertiary/aromatic N) is 2. The molecule has 3 aromatic rings. The molecule has 0 radical (unpaired) electrons. The van der Waals surface area contributed by atoms with Gasteiger partial charge in [0.25, 0.3) is 0 Å². The highest BCUT2D eigenvalue weighted by atomic mass is 32.1. The van der Waals surface area contributed by atoms with E-state index in [2.05, 4.69) is 32.3 Å². The van der Waals surface area contributed by atoms with E-state index in [0.29, 0.717) is 5.11 Å². The maximum atomic E-state index is 5.75. The van der Waals surface area contributed by atoms with Crippen molar-refractivity contribution in [2.45, 2.75) is 19.0 Å². The van der Waals surface area contributed by atoms with Gasteiger partial charge in [-0.15, -0.1) is 0 Å². The van der Waals surface area contributed by atoms with E-state index >= 15 is 0 Å². The molecule has 0 saturated carbocycles. The Kier molecular flexibility index (Phi) is 4.92. The van der Waals surface area contributed by atoms with E-state index in [9.17, 15) is 0 Å². The van der Waals surface area contributed by atoms with Crippen molar-refractivity contribution in [2.24, 2.45) is 0 Å². The van der Waals surface area contributed by atoms with Gasteiger partial charge in [0, 0.05) is 23.7 Å². The monoisotopic (exact) mass is 394 g/mol. The molecule has 0 aliphatic carbocycles. The lowest BCUT2D eigenvalue weighted by Gasteiger charge is -2.28. The van der Waals surface area contributed by atoms with Crippen molar-refractivity contribution in [1.29, 1.82) is 0 Å². The first-order chi connectivity index (χ1) is 13.6. The molecule has 144 valence electrons. The summed E-state index contributed by atoms with van der Waals surface area (Å²) in [6.07, 6.45) is 1.80. The van der Waals surface area contributed by atoms with Crippen LogP contribution in [0.5, 0.6) is 11.5 Å². The van der Waals surface area contributed by atoms with Crippen LogP contribution in [0.15, 0.2) is 54.7 Å². The number of ether oxygens (including phenoxy) is 2. The quantitative estimate of drug-likeness (QED) is 0.640. The molecule has 28 heavy (non-hydrogen) atoms. The molecule has 1 aromatic carbocycles. The SMILES string of the molecule is COc1ccc(OC)c(N2C(=S)N[C@H](c3ccccn3)[C@@H]2c2ccc(C)[nH]2)c1. The van der Waals surface area contributed by atoms with E-state index in [4.69, 9.17) is 21.7 Å². The third-order valence-corrected chi connectivity index (χ3v) is 5.23. The molecule has 2 N–H and O–H groups in total. The summed E-state index contributed by atoms with van der Waals surface area (Å²) < 4.78 is 11.1. The summed E-state index contributed by atoms with van der Waals surface area (Å²) in [6.45, 7) is 2.04. The molecule has 0 bridgehead atoms. The van der Waals surface area contributed by atoms with Crippen molar-refractivity contribution in [2.75, 3.05) is 19.1 Å². The van der Waals surface area contributed by atoms with Gasteiger partial charge in [0.05, 0.1) is 31.6 Å². The molecule has 0 unspecified atom stereocenters. The number of H-pyrrole nitrogens is 1. The Labute approximate surface area is 169 Å². The molecule has 7 heteroatoms. The lowest BCUT2D eigenvalue weighted by atomic mass is 10.0. The van der Waals surface area contributed by atoms with Crippen molar-refractivity contribution in [1.82, 2.24) is 15.3 Å². The molecule has 4 rings (SSSR count). The van der Waals surface area contributed by atoms with Gasteiger partial charge in [0.2, 0.25) is 0 Å². The Morgan fingerprint density at radius 3 is 2.57 bits per heavy atom. The molecule has 6 nitrogen and oxygen atoms in total. The molecular formula is C21H22N4O2S. The van der Waals surface area contributed by atoms with E-state index in [0.717, 1.165) is 34.3 Å². The molecule has 2 aromatic heterocycles. The number of nitrogens with one attached hydrogen (secondary N) is 2. The normalized spacial score (nSPS) is 18.8. The number of rotatable bonds is 5. The van der Waals surface area contributed by atoms with Crippen LogP contribution in [0.4, 0.5) is 5.69 Å². The van der Waals surface area contributed by atoms with Crippen molar-refractivity contribution in [3.63, 3.8) is 0 Å². The number of pyridine rings is 1. The average molecular weight is 395 g/mol. The second kappa shape index (κ2) is 7.52. The first kappa shape index (κ1) is 18.3. The predicted octanol–water partition coefficient (Wildman–Crippen LogP) is 3.91. The number of thiocarbonyl (C=S) groups is 1. The van der Waals surface area contributed by atoms with Crippen LogP contribution < -0.4 is 19.7 Å². The zero-order chi connectivity index (χ0) is 19.7. The van der Waals surface area contributed by atoms with E-state index in [-0.39, 0.29) is 12.1 Å². The number of methoxy groups -OCH3 is 2. The van der Waals surface area contributed by atoms with E-state index in [1.807, 2.05) is 43.3 Å². The van der Waals surface area contributed by atoms with Gasteiger partial charge in [-0.2, -0.15) is 0 Å². The highest BCUT2D eigenvalue weighted by Gasteiger charge is 2.42. The first-order valence-electron chi connectivity index (χ1n) is 9.00. The Bertz CT molecular complexity index is 989. The molecule has 2 atom stereocenters. The minimum Gasteiger partial charge on any atom is -0.497 e. The highest BCUT2D eigenvalue weighted by Crippen LogP contribution is 2.45. The summed E-state index contributed by atoms with van der Waals surface area (Å²) in [6, 6.07) is 15.5. The summed E-state index contributed by atoms with van der Waals surface area (Å²) in [5.41, 5.74) is 3.90. The summed E-state index contributed by atoms with van der Waals surface area (Å²) in [4.78, 5) is 10.1. The number of hydrogen-bond donors (Lipinski definition) is 2. The molecule has 1 saturated heterocycles. The van der Waals surface area contributed by atoms with Gasteiger partial charge in [-0.05, 0) is 55.5 Å². The fourth-order valence-electron chi connectivity index (χ4n) is 3.61. The van der Waals surface area contributed by atoms with E-state index in [1.165, 1.54) is 0 Å². The molecule has 0 amide bonds. The number of aromatic amines is 1. The van der Waals surface area contributed by atoms with E-state index < -0.39 is 0 Å². The third-order valence-electron chi connectivity index (χ3n) is 4.92. The Hall–Kier alpha value is -3.06. The maximum Gasteiger partial charge on any atom is 0.174 e. The zero-order valence-corrected chi connectivity index (χ0v) is 16.8. The molecule has 0 spiro atoms. The topological polar surface area (TPSA) is 62.4 Å². The van der Waals surface area contributed by atoms with Crippen LogP contribution in [-0.2, 0) is 0 Å². The Morgan fingerprint density at radius 2 is 1.93 bits per heavy atom. The van der Waals surface area contributed by atoms with Gasteiger partial charge in [0.1, 0.15) is 17.5 Å². The molecule has 1 aliphatic rings. The zero-order valence-electron chi connectivity index (χ0n) is 16.0. The number of benzene rings is 1. The van der Waals surface area contributed by atoms with Crippen molar-refractivity contribution >= 4 is 23.0 Å². The van der Waals surface area contributed by atoms with Crippen LogP contribution in [-0.4, -0.2) is 29.3 Å². The van der Waals surface area contributed by atoms with Crippen LogP contribution in [0, 0.1) is 6.92 Å². The van der Waals surface area contributed by atoms with Gasteiger partial charge < -0.3 is 24.7 Å². The largest absolute Gasteiger partial charge is 0.497 e. The predicted molar refractivity (Wildman–Crippen MR) is 113 cm³/mol. The third kappa shape index (κ3) is 3.18. The molecular weight excluding hydrogens is 372 g/mol. The lowest BCUT2D eigenvalue weighted by molar-refractivity contribution is 0.402. The van der Waals surface area contributed by atoms with Crippen molar-refractivity contribution in [3.05, 3.63) is 71.8 Å². The summed E-state index contributed by atoms with van der Waals surface area (Å²) in [5.74, 6) is 1.46. The molecule has 1 aliphatic heterocycles. The van der Waals surface area contributed by atoms with Gasteiger partial charge in [-0.1, -0.05) is 6.07 Å². The van der Waals surface area contributed by atoms with Crippen molar-refractivity contribution < 1.29 is 9.47 Å². The van der Waals surface area contributed by atoms with Crippen LogP contribution >= 0.6 is 12.2 Å². The summed E-state index contributed by atoms with van der Waals surface area (Å²) in [5, 5.41) is 4.05. The minimum absolute atomic E-state index is 0.109. The fraction of sp³-hybridized carbons (Fsp3) is 0.238. The Balaban J connectivity index is 1.87. The molecule has 1 fully saturated rings. The van der Waals surface area contributed by atoms with Gasteiger partial charge in [-0.3, -0.25) is 4.98 Å². The highest BCUT2D eigenvalue weighted by molar-refractivity contribution is 7.80. The van der Waals surface area contributed by atoms with Gasteiger partial charge in [-0.25, -0.2) is 0 Å². The smallest absolute Gasteiger partial charge is 0.174 e. The number of aryl methyl sites for hydroxylation is 1. The van der Waals surface area contributed by atoms with Gasteiger partial charge >= 0.3 is 0 Å². The van der Waals surface area contributed by atoms with Crippen molar-refractivity contribution in [3.8, 4) is 11.5 Å². The summed E-state index contributed by atoms with van der Waals surface area (Å²) in [7, 11) is 3.30. The Morgan fingerprint density at radius 1 is 1.07 bits per heavy atom. The fourth-order valence-corrected chi connectivity index (χ4v) is 3.95. The van der Waals surface area contributed by atoms with Gasteiger partial charge in [0.15, 0.2) is 5.11 Å². The standard InChI is InChI=1S/C21H22N4O2S/c1-13-7-9-16(23-13)20-19(15-6-4-5-11-22-15)24-21(28)25(20)17-12-14(26-2)8-10-18(17)27-3/h4-12,19-20,23H,1-3H3,(H,24,28)/t19-,20+/m1/s1. The van der Waals surface area contributed by atoms with Crippen LogP contribution in [0.2, 0.25) is 0 Å². The first-order valence-corrected chi connectivity index (χ1v) is 9.41. The second-order valence-electron chi connectivity index (χ2n) is 6.63. The second-order valence-corrected chi connectivity index (χ2v) is 7.02. The number of anilines is 1. The average Bonchev–Trinajstić information content (AvgIpc) is 3.30. The van der Waals surface area contributed by atoms with Crippen LogP contribution in [0.25, 0.3) is 0 Å². The molecule has 3 heterocycles. The number of aromatic nitrogens is 2. The summed E-state index contributed by atoms with van der Waals surface area (Å²) >= 11 is 5.75. The van der Waals surface area contributed by atoms with Crippen LogP contribution in [0.1, 0.15) is 29.2 Å². The van der Waals surface area contributed by atoms with Crippen LogP contribution in [0.3, 0.4) is 0 Å². The minimum atomic E-state index is -0.114.